The number of anilines is 2. The van der Waals surface area contributed by atoms with E-state index in [1.807, 2.05) is 0 Å². The largest absolute Gasteiger partial charge is 0.442 e. The van der Waals surface area contributed by atoms with Crippen LogP contribution in [0.1, 0.15) is 13.3 Å². The van der Waals surface area contributed by atoms with Gasteiger partial charge in [-0.1, -0.05) is 0 Å². The summed E-state index contributed by atoms with van der Waals surface area (Å²) in [5.74, 6) is -0.768. The summed E-state index contributed by atoms with van der Waals surface area (Å²) in [6, 6.07) is 2.26. The van der Waals surface area contributed by atoms with E-state index < -0.39 is 23.8 Å². The molecule has 1 saturated carbocycles. The van der Waals surface area contributed by atoms with Crippen molar-refractivity contribution >= 4 is 29.7 Å². The Balaban J connectivity index is 1.46. The molecule has 2 heterocycles. The monoisotopic (exact) mass is 393 g/mol. The molecule has 1 aromatic rings. The highest BCUT2D eigenvalue weighted by molar-refractivity contribution is 5.90. The van der Waals surface area contributed by atoms with E-state index in [2.05, 4.69) is 5.32 Å². The SMILES string of the molecule is CC(=O)NC[C@H]1CN(c2cc(F)c(N3C[C@@H]4C(CC=O)[C@@H]4C3)c(F)c2)C(=O)O1. The lowest BCUT2D eigenvalue weighted by Gasteiger charge is -2.24. The number of hydrogen-bond donors (Lipinski definition) is 1. The number of nitrogens with zero attached hydrogens (tertiary/aromatic N) is 2. The summed E-state index contributed by atoms with van der Waals surface area (Å²) in [6.45, 7) is 2.64. The van der Waals surface area contributed by atoms with Crippen LogP contribution < -0.4 is 15.1 Å². The summed E-state index contributed by atoms with van der Waals surface area (Å²) in [4.78, 5) is 36.5. The molecule has 3 fully saturated rings. The third kappa shape index (κ3) is 3.29. The van der Waals surface area contributed by atoms with Gasteiger partial charge in [0, 0.05) is 38.6 Å². The molecule has 0 spiro atoms. The maximum absolute atomic E-state index is 14.7. The van der Waals surface area contributed by atoms with Crippen molar-refractivity contribution in [3.05, 3.63) is 23.8 Å². The van der Waals surface area contributed by atoms with Gasteiger partial charge < -0.3 is 19.7 Å². The molecule has 1 N–H and O–H groups in total. The number of carbonyl (C=O) groups excluding carboxylic acids is 3. The second-order valence-electron chi connectivity index (χ2n) is 7.61. The zero-order chi connectivity index (χ0) is 20.0. The van der Waals surface area contributed by atoms with Crippen LogP contribution in [-0.4, -0.2) is 50.6 Å². The molecule has 150 valence electrons. The van der Waals surface area contributed by atoms with E-state index in [0.29, 0.717) is 37.3 Å². The molecule has 0 radical (unpaired) electrons. The number of carbonyl (C=O) groups is 3. The first-order valence-electron chi connectivity index (χ1n) is 9.29. The second-order valence-corrected chi connectivity index (χ2v) is 7.61. The van der Waals surface area contributed by atoms with Crippen LogP contribution in [-0.2, 0) is 14.3 Å². The highest BCUT2D eigenvalue weighted by atomic mass is 19.1. The van der Waals surface area contributed by atoms with E-state index in [1.165, 1.54) is 6.92 Å². The van der Waals surface area contributed by atoms with Crippen LogP contribution in [0.2, 0.25) is 0 Å². The Morgan fingerprint density at radius 2 is 1.89 bits per heavy atom. The molecule has 1 unspecified atom stereocenters. The van der Waals surface area contributed by atoms with Crippen LogP contribution in [0.25, 0.3) is 0 Å². The predicted octanol–water partition coefficient (Wildman–Crippen LogP) is 1.70. The minimum atomic E-state index is -0.735. The zero-order valence-electron chi connectivity index (χ0n) is 15.4. The third-order valence-electron chi connectivity index (χ3n) is 5.82. The van der Waals surface area contributed by atoms with E-state index in [0.717, 1.165) is 23.3 Å². The van der Waals surface area contributed by atoms with E-state index in [-0.39, 0.29) is 30.4 Å². The van der Waals surface area contributed by atoms with Gasteiger partial charge in [0.15, 0.2) is 11.6 Å². The molecule has 1 aliphatic carbocycles. The molecule has 1 aromatic carbocycles. The molecule has 2 saturated heterocycles. The fourth-order valence-electron chi connectivity index (χ4n) is 4.40. The van der Waals surface area contributed by atoms with Gasteiger partial charge in [-0.25, -0.2) is 13.6 Å². The summed E-state index contributed by atoms with van der Waals surface area (Å²) in [5, 5.41) is 2.55. The number of rotatable bonds is 6. The summed E-state index contributed by atoms with van der Waals surface area (Å²) in [7, 11) is 0. The van der Waals surface area contributed by atoms with Crippen molar-refractivity contribution in [2.45, 2.75) is 19.4 Å². The quantitative estimate of drug-likeness (QED) is 0.745. The number of benzene rings is 1. The van der Waals surface area contributed by atoms with Crippen molar-refractivity contribution in [1.82, 2.24) is 5.32 Å². The van der Waals surface area contributed by atoms with Gasteiger partial charge in [-0.2, -0.15) is 0 Å². The molecule has 7 nitrogen and oxygen atoms in total. The number of halogens is 2. The molecule has 3 aliphatic rings. The van der Waals surface area contributed by atoms with Gasteiger partial charge in [-0.3, -0.25) is 9.69 Å². The number of amides is 2. The van der Waals surface area contributed by atoms with Crippen LogP contribution in [0.5, 0.6) is 0 Å². The van der Waals surface area contributed by atoms with Crippen molar-refractivity contribution in [2.24, 2.45) is 17.8 Å². The van der Waals surface area contributed by atoms with Crippen molar-refractivity contribution in [1.29, 1.82) is 0 Å². The van der Waals surface area contributed by atoms with Gasteiger partial charge in [0.2, 0.25) is 5.91 Å². The van der Waals surface area contributed by atoms with Gasteiger partial charge >= 0.3 is 6.09 Å². The number of ether oxygens (including phenoxy) is 1. The first kappa shape index (κ1) is 18.6. The van der Waals surface area contributed by atoms with Crippen LogP contribution in [0.15, 0.2) is 12.1 Å². The van der Waals surface area contributed by atoms with Crippen LogP contribution in [0.3, 0.4) is 0 Å². The Morgan fingerprint density at radius 3 is 2.46 bits per heavy atom. The van der Waals surface area contributed by atoms with Crippen LogP contribution in [0, 0.1) is 29.4 Å². The average molecular weight is 393 g/mol. The smallest absolute Gasteiger partial charge is 0.414 e. The van der Waals surface area contributed by atoms with Crippen molar-refractivity contribution in [2.75, 3.05) is 36.0 Å². The summed E-state index contributed by atoms with van der Waals surface area (Å²) < 4.78 is 34.5. The zero-order valence-corrected chi connectivity index (χ0v) is 15.4. The number of cyclic esters (lactones) is 1. The fraction of sp³-hybridized carbons (Fsp3) is 0.526. The lowest BCUT2D eigenvalue weighted by Crippen LogP contribution is -2.33. The van der Waals surface area contributed by atoms with Gasteiger partial charge in [-0.15, -0.1) is 0 Å². The minimum absolute atomic E-state index is 0.0808. The highest BCUT2D eigenvalue weighted by Crippen LogP contribution is 2.54. The first-order valence-corrected chi connectivity index (χ1v) is 9.29. The third-order valence-corrected chi connectivity index (χ3v) is 5.82. The Bertz CT molecular complexity index is 798. The van der Waals surface area contributed by atoms with Gasteiger partial charge in [0.05, 0.1) is 18.8 Å². The molecular weight excluding hydrogens is 372 g/mol. The van der Waals surface area contributed by atoms with E-state index in [9.17, 15) is 23.2 Å². The molecule has 0 bridgehead atoms. The fourth-order valence-corrected chi connectivity index (χ4v) is 4.40. The molecule has 9 heteroatoms. The highest BCUT2D eigenvalue weighted by Gasteiger charge is 2.55. The maximum atomic E-state index is 14.7. The van der Waals surface area contributed by atoms with E-state index >= 15 is 0 Å². The number of aldehydes is 1. The van der Waals surface area contributed by atoms with Crippen molar-refractivity contribution in [3.63, 3.8) is 0 Å². The van der Waals surface area contributed by atoms with E-state index in [1.54, 1.807) is 4.90 Å². The average Bonchev–Trinajstić information content (AvgIpc) is 2.96. The standard InChI is InChI=1S/C19H21F2N3O4/c1-10(26)22-6-12-7-24(19(27)28-12)11-4-16(20)18(17(21)5-11)23-8-14-13(2-3-25)15(14)9-23/h3-5,12-15H,2,6-9H2,1H3,(H,22,26)/t12-,13?,14-,15+/m0/s1. The summed E-state index contributed by atoms with van der Waals surface area (Å²) >= 11 is 0. The number of nitrogens with one attached hydrogen (secondary N) is 1. The summed E-state index contributed by atoms with van der Waals surface area (Å²) in [5.41, 5.74) is -0.0135. The Kier molecular flexibility index (Phi) is 4.68. The number of hydrogen-bond acceptors (Lipinski definition) is 5. The predicted molar refractivity (Wildman–Crippen MR) is 96.0 cm³/mol. The van der Waals surface area contributed by atoms with E-state index in [4.69, 9.17) is 4.74 Å². The molecule has 0 aromatic heterocycles. The topological polar surface area (TPSA) is 79.0 Å². The Hall–Kier alpha value is -2.71. The molecule has 2 amide bonds. The maximum Gasteiger partial charge on any atom is 0.414 e. The number of fused-ring (bicyclic) bond motifs is 1. The second kappa shape index (κ2) is 7.03. The normalized spacial score (nSPS) is 28.2. The van der Waals surface area contributed by atoms with Gasteiger partial charge in [-0.05, 0) is 17.8 Å². The molecule has 2 aliphatic heterocycles. The Morgan fingerprint density at radius 1 is 1.25 bits per heavy atom. The lowest BCUT2D eigenvalue weighted by molar-refractivity contribution is -0.119. The lowest BCUT2D eigenvalue weighted by atomic mass is 10.1. The molecule has 28 heavy (non-hydrogen) atoms. The Labute approximate surface area is 160 Å². The molecule has 4 rings (SSSR count). The van der Waals surface area contributed by atoms with Crippen LogP contribution >= 0.6 is 0 Å². The van der Waals surface area contributed by atoms with Crippen LogP contribution in [0.4, 0.5) is 25.0 Å². The van der Waals surface area contributed by atoms with Gasteiger partial charge in [0.1, 0.15) is 18.1 Å². The first-order chi connectivity index (χ1) is 13.4. The van der Waals surface area contributed by atoms with Crippen molar-refractivity contribution in [3.8, 4) is 0 Å². The van der Waals surface area contributed by atoms with Gasteiger partial charge in [0.25, 0.3) is 0 Å². The molecule has 4 atom stereocenters. The number of piperidine rings is 1. The van der Waals surface area contributed by atoms with Crippen molar-refractivity contribution < 1.29 is 27.9 Å². The summed E-state index contributed by atoms with van der Waals surface area (Å²) in [6.07, 6.45) is 0.116. The molecular formula is C19H21F2N3O4. The minimum Gasteiger partial charge on any atom is -0.442 e.